The fourth-order valence-electron chi connectivity index (χ4n) is 5.46. The number of pyridine rings is 1. The smallest absolute Gasteiger partial charge is 0.410 e. The maximum atomic E-state index is 15.9. The first-order valence-corrected chi connectivity index (χ1v) is 13.7. The van der Waals surface area contributed by atoms with Crippen LogP contribution in [0.15, 0.2) is 30.5 Å². The Morgan fingerprint density at radius 3 is 2.49 bits per heavy atom. The van der Waals surface area contributed by atoms with Crippen molar-refractivity contribution in [2.75, 3.05) is 33.9 Å². The van der Waals surface area contributed by atoms with E-state index in [1.807, 2.05) is 25.3 Å². The number of methoxy groups -OCH3 is 1. The van der Waals surface area contributed by atoms with Gasteiger partial charge in [-0.2, -0.15) is 0 Å². The molecule has 220 valence electrons. The van der Waals surface area contributed by atoms with Crippen molar-refractivity contribution in [3.63, 3.8) is 0 Å². The molecule has 2 amide bonds. The van der Waals surface area contributed by atoms with E-state index in [1.165, 1.54) is 24.1 Å². The molecule has 1 aromatic carbocycles. The molecule has 41 heavy (non-hydrogen) atoms. The number of nitrogens with zero attached hydrogens (tertiary/aromatic N) is 4. The van der Waals surface area contributed by atoms with Gasteiger partial charge in [-0.05, 0) is 75.9 Å². The molecule has 3 heterocycles. The number of fused-ring (bicyclic) bond motifs is 1. The number of hydrogen-bond acceptors (Lipinski definition) is 6. The number of rotatable bonds is 5. The summed E-state index contributed by atoms with van der Waals surface area (Å²) >= 11 is 0. The van der Waals surface area contributed by atoms with Gasteiger partial charge in [-0.25, -0.2) is 23.4 Å². The molecule has 1 atom stereocenters. The number of halogens is 2. The first kappa shape index (κ1) is 28.8. The third-order valence-corrected chi connectivity index (χ3v) is 7.72. The second-order valence-corrected chi connectivity index (χ2v) is 11.8. The molecule has 2 aromatic heterocycles. The molecule has 2 fully saturated rings. The quantitative estimate of drug-likeness (QED) is 0.406. The Balaban J connectivity index is 1.52. The van der Waals surface area contributed by atoms with E-state index in [4.69, 9.17) is 14.2 Å². The van der Waals surface area contributed by atoms with Crippen molar-refractivity contribution < 1.29 is 32.6 Å². The van der Waals surface area contributed by atoms with Crippen LogP contribution in [0.3, 0.4) is 0 Å². The Hall–Kier alpha value is -3.73. The summed E-state index contributed by atoms with van der Waals surface area (Å²) in [4.78, 5) is 32.5. The van der Waals surface area contributed by atoms with E-state index in [0.717, 1.165) is 5.56 Å². The monoisotopic (exact) mass is 570 g/mol. The number of morpholine rings is 1. The zero-order valence-electron chi connectivity index (χ0n) is 24.3. The zero-order valence-corrected chi connectivity index (χ0v) is 24.3. The average Bonchev–Trinajstić information content (AvgIpc) is 3.65. The van der Waals surface area contributed by atoms with Crippen LogP contribution in [0.2, 0.25) is 0 Å². The summed E-state index contributed by atoms with van der Waals surface area (Å²) in [6.45, 7) is 8.21. The number of imidazole rings is 1. The van der Waals surface area contributed by atoms with Crippen LogP contribution >= 0.6 is 0 Å². The van der Waals surface area contributed by atoms with E-state index < -0.39 is 41.1 Å². The van der Waals surface area contributed by atoms with Gasteiger partial charge in [-0.1, -0.05) is 0 Å². The van der Waals surface area contributed by atoms with Crippen molar-refractivity contribution in [2.45, 2.75) is 64.2 Å². The lowest BCUT2D eigenvalue weighted by atomic mass is 9.98. The molecule has 1 saturated carbocycles. The number of carbonyl (C=O) groups is 2. The SMILES string of the molecule is COC(=O)N1CCO[C@@H](Cc2c(-c3c(F)cc(C4(N(C)C(=O)OC(C)(C)C)CC4)cc3F)nc3cc(C)ccn23)C1. The van der Waals surface area contributed by atoms with E-state index in [9.17, 15) is 9.59 Å². The zero-order chi connectivity index (χ0) is 29.7. The number of carbonyl (C=O) groups excluding carboxylic acids is 2. The minimum absolute atomic E-state index is 0.168. The summed E-state index contributed by atoms with van der Waals surface area (Å²) in [5, 5.41) is 0. The Bertz CT molecular complexity index is 1470. The number of amides is 2. The molecule has 5 rings (SSSR count). The van der Waals surface area contributed by atoms with Crippen molar-refractivity contribution in [3.8, 4) is 11.3 Å². The third kappa shape index (κ3) is 5.59. The summed E-state index contributed by atoms with van der Waals surface area (Å²) in [5.41, 5.74) is 0.807. The van der Waals surface area contributed by atoms with Crippen molar-refractivity contribution in [1.82, 2.24) is 19.2 Å². The highest BCUT2D eigenvalue weighted by Crippen LogP contribution is 2.51. The highest BCUT2D eigenvalue weighted by Gasteiger charge is 2.51. The highest BCUT2D eigenvalue weighted by atomic mass is 19.1. The minimum atomic E-state index is -0.839. The lowest BCUT2D eigenvalue weighted by Gasteiger charge is -2.32. The van der Waals surface area contributed by atoms with Crippen molar-refractivity contribution in [1.29, 1.82) is 0 Å². The van der Waals surface area contributed by atoms with Gasteiger partial charge in [0.25, 0.3) is 0 Å². The molecule has 1 aliphatic carbocycles. The summed E-state index contributed by atoms with van der Waals surface area (Å²) in [7, 11) is 2.92. The van der Waals surface area contributed by atoms with Crippen LogP contribution in [0.1, 0.15) is 50.4 Å². The second-order valence-electron chi connectivity index (χ2n) is 11.8. The van der Waals surface area contributed by atoms with Gasteiger partial charge < -0.3 is 28.4 Å². The average molecular weight is 571 g/mol. The fraction of sp³-hybridized carbons (Fsp3) is 0.500. The molecule has 2 aliphatic rings. The summed E-state index contributed by atoms with van der Waals surface area (Å²) < 4.78 is 50.0. The van der Waals surface area contributed by atoms with Gasteiger partial charge >= 0.3 is 12.2 Å². The van der Waals surface area contributed by atoms with Gasteiger partial charge in [-0.15, -0.1) is 0 Å². The molecule has 0 radical (unpaired) electrons. The third-order valence-electron chi connectivity index (χ3n) is 7.72. The number of aromatic nitrogens is 2. The Morgan fingerprint density at radius 2 is 1.88 bits per heavy atom. The predicted molar refractivity (Wildman–Crippen MR) is 148 cm³/mol. The first-order chi connectivity index (χ1) is 19.3. The van der Waals surface area contributed by atoms with Crippen LogP contribution < -0.4 is 0 Å². The summed E-state index contributed by atoms with van der Waals surface area (Å²) in [6, 6.07) is 6.32. The molecule has 0 bridgehead atoms. The van der Waals surface area contributed by atoms with Crippen LogP contribution in [0.25, 0.3) is 16.9 Å². The predicted octanol–water partition coefficient (Wildman–Crippen LogP) is 5.45. The molecule has 11 heteroatoms. The van der Waals surface area contributed by atoms with Gasteiger partial charge in [0, 0.05) is 26.2 Å². The van der Waals surface area contributed by atoms with E-state index in [-0.39, 0.29) is 24.2 Å². The van der Waals surface area contributed by atoms with E-state index in [2.05, 4.69) is 4.98 Å². The lowest BCUT2D eigenvalue weighted by Crippen LogP contribution is -2.46. The molecule has 1 saturated heterocycles. The highest BCUT2D eigenvalue weighted by molar-refractivity contribution is 5.72. The number of aryl methyl sites for hydroxylation is 1. The van der Waals surface area contributed by atoms with Gasteiger partial charge in [0.15, 0.2) is 0 Å². The Morgan fingerprint density at radius 1 is 1.20 bits per heavy atom. The van der Waals surface area contributed by atoms with Crippen LogP contribution in [0.5, 0.6) is 0 Å². The molecule has 0 N–H and O–H groups in total. The second kappa shape index (κ2) is 10.6. The van der Waals surface area contributed by atoms with Gasteiger partial charge in [-0.3, -0.25) is 0 Å². The van der Waals surface area contributed by atoms with Crippen molar-refractivity contribution >= 4 is 17.8 Å². The Kier molecular flexibility index (Phi) is 7.44. The first-order valence-electron chi connectivity index (χ1n) is 13.7. The summed E-state index contributed by atoms with van der Waals surface area (Å²) in [6.07, 6.45) is 1.78. The normalized spacial score (nSPS) is 18.3. The lowest BCUT2D eigenvalue weighted by molar-refractivity contribution is -0.0241. The maximum Gasteiger partial charge on any atom is 0.410 e. The maximum absolute atomic E-state index is 15.9. The molecular weight excluding hydrogens is 534 g/mol. The minimum Gasteiger partial charge on any atom is -0.453 e. The largest absolute Gasteiger partial charge is 0.453 e. The molecule has 1 aliphatic heterocycles. The van der Waals surface area contributed by atoms with Crippen LogP contribution in [0.4, 0.5) is 18.4 Å². The van der Waals surface area contributed by atoms with Crippen LogP contribution in [-0.4, -0.2) is 76.9 Å². The van der Waals surface area contributed by atoms with Crippen LogP contribution in [0, 0.1) is 18.6 Å². The molecule has 0 spiro atoms. The van der Waals surface area contributed by atoms with Crippen LogP contribution in [-0.2, 0) is 26.2 Å². The van der Waals surface area contributed by atoms with Gasteiger partial charge in [0.05, 0.1) is 48.9 Å². The number of hydrogen-bond donors (Lipinski definition) is 0. The topological polar surface area (TPSA) is 85.6 Å². The Labute approximate surface area is 238 Å². The number of ether oxygens (including phenoxy) is 3. The molecular formula is C30H36F2N4O5. The molecule has 9 nitrogen and oxygen atoms in total. The van der Waals surface area contributed by atoms with E-state index >= 15 is 8.78 Å². The number of benzene rings is 1. The van der Waals surface area contributed by atoms with Gasteiger partial charge in [0.1, 0.15) is 22.9 Å². The van der Waals surface area contributed by atoms with Crippen molar-refractivity contribution in [2.24, 2.45) is 0 Å². The van der Waals surface area contributed by atoms with Crippen molar-refractivity contribution in [3.05, 3.63) is 58.9 Å². The molecule has 3 aromatic rings. The van der Waals surface area contributed by atoms with E-state index in [1.54, 1.807) is 37.1 Å². The van der Waals surface area contributed by atoms with E-state index in [0.29, 0.717) is 42.9 Å². The summed E-state index contributed by atoms with van der Waals surface area (Å²) in [5.74, 6) is -1.54. The fourth-order valence-corrected chi connectivity index (χ4v) is 5.46. The standard InChI is InChI=1S/C30H36F2N4O5/c1-18-7-10-36-23(16-20-17-35(11-12-40-20)28(38)39-6)26(33-24(36)13-18)25-21(31)14-19(15-22(25)32)30(8-9-30)34(5)27(37)41-29(2,3)4/h7,10,13-15,20H,8-9,11-12,16-17H2,1-6H3/t20-/m0/s1. The van der Waals surface area contributed by atoms with Gasteiger partial charge in [0.2, 0.25) is 0 Å². The molecule has 0 unspecified atom stereocenters.